The molecule has 6 heteroatoms. The number of hydrogen-bond donors (Lipinski definition) is 1. The molecule has 3 rings (SSSR count). The molecule has 0 saturated carbocycles. The summed E-state index contributed by atoms with van der Waals surface area (Å²) >= 11 is 0. The quantitative estimate of drug-likeness (QED) is 0.456. The summed E-state index contributed by atoms with van der Waals surface area (Å²) in [6, 6.07) is 25.7. The van der Waals surface area contributed by atoms with E-state index in [0.717, 1.165) is 22.4 Å². The molecule has 33 heavy (non-hydrogen) atoms. The molecule has 0 saturated heterocycles. The Balaban J connectivity index is 1.95. The highest BCUT2D eigenvalue weighted by molar-refractivity contribution is 5.89. The summed E-state index contributed by atoms with van der Waals surface area (Å²) in [6.07, 6.45) is 0.200. The number of methoxy groups -OCH3 is 2. The van der Waals surface area contributed by atoms with Crippen molar-refractivity contribution >= 4 is 11.8 Å². The summed E-state index contributed by atoms with van der Waals surface area (Å²) in [5.74, 6) is 0.360. The van der Waals surface area contributed by atoms with Crippen LogP contribution in [0.15, 0.2) is 84.9 Å². The molecule has 6 nitrogen and oxygen atoms in total. The molecule has 0 spiro atoms. The molecule has 1 N–H and O–H groups in total. The molecule has 3 aromatic rings. The maximum atomic E-state index is 13.6. The van der Waals surface area contributed by atoms with Crippen molar-refractivity contribution in [3.63, 3.8) is 0 Å². The van der Waals surface area contributed by atoms with Gasteiger partial charge in [0.05, 0.1) is 20.1 Å². The summed E-state index contributed by atoms with van der Waals surface area (Å²) in [4.78, 5) is 28.6. The minimum atomic E-state index is -0.777. The van der Waals surface area contributed by atoms with Crippen LogP contribution in [0.3, 0.4) is 0 Å². The van der Waals surface area contributed by atoms with Crippen molar-refractivity contribution in [2.45, 2.75) is 19.0 Å². The molecule has 0 fully saturated rings. The molecule has 3 aromatic carbocycles. The van der Waals surface area contributed by atoms with Crippen molar-refractivity contribution < 1.29 is 19.1 Å². The fraction of sp³-hybridized carbons (Fsp3) is 0.259. The van der Waals surface area contributed by atoms with Crippen molar-refractivity contribution in [3.8, 4) is 5.75 Å². The van der Waals surface area contributed by atoms with E-state index in [4.69, 9.17) is 9.47 Å². The molecule has 172 valence electrons. The number of benzene rings is 3. The van der Waals surface area contributed by atoms with Gasteiger partial charge in [-0.15, -0.1) is 0 Å². The second-order valence-electron chi connectivity index (χ2n) is 7.63. The number of carbonyl (C=O) groups excluding carboxylic acids is 2. The molecule has 1 unspecified atom stereocenters. The van der Waals surface area contributed by atoms with Crippen molar-refractivity contribution in [3.05, 3.63) is 102 Å². The number of nitrogens with one attached hydrogen (secondary N) is 1. The summed E-state index contributed by atoms with van der Waals surface area (Å²) in [5, 5.41) is 2.91. The van der Waals surface area contributed by atoms with Crippen molar-refractivity contribution in [2.24, 2.45) is 0 Å². The molecule has 0 aliphatic carbocycles. The van der Waals surface area contributed by atoms with Crippen molar-refractivity contribution in [1.29, 1.82) is 0 Å². The van der Waals surface area contributed by atoms with Gasteiger partial charge in [-0.05, 0) is 28.8 Å². The van der Waals surface area contributed by atoms with E-state index in [1.807, 2.05) is 84.9 Å². The van der Waals surface area contributed by atoms with Crippen LogP contribution in [-0.2, 0) is 27.3 Å². The van der Waals surface area contributed by atoms with Gasteiger partial charge in [0.25, 0.3) is 0 Å². The molecule has 0 heterocycles. The highest BCUT2D eigenvalue weighted by Crippen LogP contribution is 2.25. The van der Waals surface area contributed by atoms with E-state index in [2.05, 4.69) is 5.32 Å². The van der Waals surface area contributed by atoms with Gasteiger partial charge in [0.1, 0.15) is 11.8 Å². The van der Waals surface area contributed by atoms with E-state index in [1.165, 1.54) is 0 Å². The van der Waals surface area contributed by atoms with Gasteiger partial charge in [-0.3, -0.25) is 9.59 Å². The zero-order valence-corrected chi connectivity index (χ0v) is 19.1. The maximum Gasteiger partial charge on any atom is 0.247 e. The second kappa shape index (κ2) is 12.4. The summed E-state index contributed by atoms with van der Waals surface area (Å²) in [6.45, 7) is 1.04. The SMILES string of the molecule is COCCNC(=O)C(c1ccccc1)N(Cc1ccc(OC)cc1)C(=O)Cc1ccccc1. The Morgan fingerprint density at radius 1 is 0.848 bits per heavy atom. The lowest BCUT2D eigenvalue weighted by Crippen LogP contribution is -2.44. The Labute approximate surface area is 195 Å². The molecule has 0 radical (unpaired) electrons. The highest BCUT2D eigenvalue weighted by Gasteiger charge is 2.31. The number of rotatable bonds is 11. The molecule has 1 atom stereocenters. The van der Waals surface area contributed by atoms with E-state index in [9.17, 15) is 9.59 Å². The standard InChI is InChI=1S/C27H30N2O4/c1-32-18-17-28-27(31)26(23-11-7-4-8-12-23)29(20-22-13-15-24(33-2)16-14-22)25(30)19-21-9-5-3-6-10-21/h3-16,26H,17-20H2,1-2H3,(H,28,31). The fourth-order valence-electron chi connectivity index (χ4n) is 3.60. The first-order valence-electron chi connectivity index (χ1n) is 10.9. The second-order valence-corrected chi connectivity index (χ2v) is 7.63. The van der Waals surface area contributed by atoms with Gasteiger partial charge in [-0.1, -0.05) is 72.8 Å². The highest BCUT2D eigenvalue weighted by atomic mass is 16.5. The summed E-state index contributed by atoms with van der Waals surface area (Å²) in [5.41, 5.74) is 2.55. The molecule has 0 bridgehead atoms. The Morgan fingerprint density at radius 3 is 2.09 bits per heavy atom. The van der Waals surface area contributed by atoms with E-state index < -0.39 is 6.04 Å². The number of ether oxygens (including phenoxy) is 2. The van der Waals surface area contributed by atoms with Crippen LogP contribution in [0, 0.1) is 0 Å². The topological polar surface area (TPSA) is 67.9 Å². The first-order valence-corrected chi connectivity index (χ1v) is 10.9. The van der Waals surface area contributed by atoms with Gasteiger partial charge in [-0.2, -0.15) is 0 Å². The largest absolute Gasteiger partial charge is 0.497 e. The smallest absolute Gasteiger partial charge is 0.247 e. The van der Waals surface area contributed by atoms with Crippen molar-refractivity contribution in [2.75, 3.05) is 27.4 Å². The van der Waals surface area contributed by atoms with Gasteiger partial charge in [0, 0.05) is 20.2 Å². The van der Waals surface area contributed by atoms with Gasteiger partial charge in [0.15, 0.2) is 0 Å². The number of nitrogens with zero attached hydrogens (tertiary/aromatic N) is 1. The lowest BCUT2D eigenvalue weighted by Gasteiger charge is -2.32. The van der Waals surface area contributed by atoms with E-state index in [1.54, 1.807) is 19.1 Å². The lowest BCUT2D eigenvalue weighted by molar-refractivity contribution is -0.141. The number of carbonyl (C=O) groups is 2. The lowest BCUT2D eigenvalue weighted by atomic mass is 10.0. The first kappa shape index (κ1) is 24.0. The third-order valence-electron chi connectivity index (χ3n) is 5.31. The predicted molar refractivity (Wildman–Crippen MR) is 128 cm³/mol. The summed E-state index contributed by atoms with van der Waals surface area (Å²) < 4.78 is 10.3. The normalized spacial score (nSPS) is 11.5. The molecular weight excluding hydrogens is 416 g/mol. The molecule has 0 aliphatic rings. The number of amides is 2. The van der Waals surface area contributed by atoms with Crippen LogP contribution in [-0.4, -0.2) is 44.1 Å². The summed E-state index contributed by atoms with van der Waals surface area (Å²) in [7, 11) is 3.20. The Morgan fingerprint density at radius 2 is 1.48 bits per heavy atom. The molecular formula is C27H30N2O4. The fourth-order valence-corrected chi connectivity index (χ4v) is 3.60. The van der Waals surface area contributed by atoms with Crippen LogP contribution in [0.2, 0.25) is 0 Å². The van der Waals surface area contributed by atoms with Crippen molar-refractivity contribution in [1.82, 2.24) is 10.2 Å². The third kappa shape index (κ3) is 6.92. The van der Waals surface area contributed by atoms with Gasteiger partial charge >= 0.3 is 0 Å². The predicted octanol–water partition coefficient (Wildman–Crippen LogP) is 3.77. The average molecular weight is 447 g/mol. The van der Waals surface area contributed by atoms with Crippen LogP contribution >= 0.6 is 0 Å². The minimum Gasteiger partial charge on any atom is -0.497 e. The Hall–Kier alpha value is -3.64. The molecule has 0 aromatic heterocycles. The van der Waals surface area contributed by atoms with E-state index in [0.29, 0.717) is 13.2 Å². The number of hydrogen-bond acceptors (Lipinski definition) is 4. The third-order valence-corrected chi connectivity index (χ3v) is 5.31. The average Bonchev–Trinajstić information content (AvgIpc) is 2.85. The Bertz CT molecular complexity index is 1010. The monoisotopic (exact) mass is 446 g/mol. The molecule has 0 aliphatic heterocycles. The van der Waals surface area contributed by atoms with Crippen LogP contribution < -0.4 is 10.1 Å². The Kier molecular flexibility index (Phi) is 9.03. The molecule has 2 amide bonds. The van der Waals surface area contributed by atoms with Crippen LogP contribution in [0.4, 0.5) is 0 Å². The first-order chi connectivity index (χ1) is 16.1. The van der Waals surface area contributed by atoms with Gasteiger partial charge < -0.3 is 19.7 Å². The zero-order valence-electron chi connectivity index (χ0n) is 19.1. The van der Waals surface area contributed by atoms with E-state index >= 15 is 0 Å². The van der Waals surface area contributed by atoms with Crippen LogP contribution in [0.25, 0.3) is 0 Å². The van der Waals surface area contributed by atoms with Crippen LogP contribution in [0.1, 0.15) is 22.7 Å². The van der Waals surface area contributed by atoms with Gasteiger partial charge in [0.2, 0.25) is 11.8 Å². The zero-order chi connectivity index (χ0) is 23.5. The maximum absolute atomic E-state index is 13.6. The van der Waals surface area contributed by atoms with E-state index in [-0.39, 0.29) is 24.8 Å². The van der Waals surface area contributed by atoms with Crippen LogP contribution in [0.5, 0.6) is 5.75 Å². The minimum absolute atomic E-state index is 0.132. The van der Waals surface area contributed by atoms with Gasteiger partial charge in [-0.25, -0.2) is 0 Å².